The predicted octanol–water partition coefficient (Wildman–Crippen LogP) is 3.37. The third kappa shape index (κ3) is 5.17. The lowest BCUT2D eigenvalue weighted by molar-refractivity contribution is -0.125. The highest BCUT2D eigenvalue weighted by molar-refractivity contribution is 7.09. The van der Waals surface area contributed by atoms with Crippen molar-refractivity contribution in [2.45, 2.75) is 32.7 Å². The summed E-state index contributed by atoms with van der Waals surface area (Å²) in [5.74, 6) is 1.07. The van der Waals surface area contributed by atoms with Gasteiger partial charge >= 0.3 is 0 Å². The molecule has 0 spiro atoms. The lowest BCUT2D eigenvalue weighted by Crippen LogP contribution is -2.40. The van der Waals surface area contributed by atoms with Crippen molar-refractivity contribution in [3.8, 4) is 0 Å². The third-order valence-corrected chi connectivity index (χ3v) is 6.11. The molecule has 6 nitrogen and oxygen atoms in total. The number of aryl methyl sites for hydroxylation is 1. The number of rotatable bonds is 6. The van der Waals surface area contributed by atoms with E-state index in [2.05, 4.69) is 50.8 Å². The van der Waals surface area contributed by atoms with Crippen molar-refractivity contribution in [1.82, 2.24) is 19.7 Å². The molecule has 4 rings (SSSR count). The molecule has 2 aromatic heterocycles. The molecule has 0 saturated carbocycles. The van der Waals surface area contributed by atoms with Crippen LogP contribution in [0, 0.1) is 12.8 Å². The molecule has 1 N–H and O–H groups in total. The maximum Gasteiger partial charge on any atom is 0.223 e. The number of piperidine rings is 1. The van der Waals surface area contributed by atoms with E-state index in [1.165, 1.54) is 22.7 Å². The van der Waals surface area contributed by atoms with E-state index in [0.717, 1.165) is 48.9 Å². The van der Waals surface area contributed by atoms with Gasteiger partial charge in [0.2, 0.25) is 11.0 Å². The zero-order valence-corrected chi connectivity index (χ0v) is 17.4. The Morgan fingerprint density at radius 2 is 1.83 bits per heavy atom. The van der Waals surface area contributed by atoms with Crippen LogP contribution in [-0.4, -0.2) is 33.3 Å². The minimum absolute atomic E-state index is 0.0630. The monoisotopic (exact) mass is 407 g/mol. The first-order chi connectivity index (χ1) is 14.2. The molecule has 3 heterocycles. The van der Waals surface area contributed by atoms with E-state index in [1.54, 1.807) is 12.4 Å². The van der Waals surface area contributed by atoms with E-state index in [0.29, 0.717) is 6.54 Å². The Kier molecular flexibility index (Phi) is 6.14. The SMILES string of the molecule is Cc1ccc(Cc2nsc(N3CCC(C(=O)NCc4ccncc4)CC3)n2)cc1. The van der Waals surface area contributed by atoms with Gasteiger partial charge in [0.05, 0.1) is 0 Å². The van der Waals surface area contributed by atoms with Crippen LogP contribution >= 0.6 is 11.5 Å². The van der Waals surface area contributed by atoms with E-state index >= 15 is 0 Å². The fourth-order valence-corrected chi connectivity index (χ4v) is 4.24. The molecule has 1 fully saturated rings. The molecule has 0 bridgehead atoms. The van der Waals surface area contributed by atoms with Crippen LogP contribution in [0.25, 0.3) is 0 Å². The molecule has 0 radical (unpaired) electrons. The van der Waals surface area contributed by atoms with E-state index < -0.39 is 0 Å². The average molecular weight is 408 g/mol. The molecule has 1 aliphatic heterocycles. The number of aromatic nitrogens is 3. The van der Waals surface area contributed by atoms with Crippen molar-refractivity contribution >= 4 is 22.6 Å². The maximum absolute atomic E-state index is 12.5. The Morgan fingerprint density at radius 1 is 1.10 bits per heavy atom. The Hall–Kier alpha value is -2.80. The van der Waals surface area contributed by atoms with Crippen molar-refractivity contribution in [3.63, 3.8) is 0 Å². The third-order valence-electron chi connectivity index (χ3n) is 5.29. The first kappa shape index (κ1) is 19.5. The number of benzene rings is 1. The Morgan fingerprint density at radius 3 is 2.55 bits per heavy atom. The van der Waals surface area contributed by atoms with Gasteiger partial charge in [-0.3, -0.25) is 9.78 Å². The lowest BCUT2D eigenvalue weighted by Gasteiger charge is -2.30. The minimum Gasteiger partial charge on any atom is -0.352 e. The topological polar surface area (TPSA) is 71.0 Å². The molecule has 29 heavy (non-hydrogen) atoms. The highest BCUT2D eigenvalue weighted by atomic mass is 32.1. The van der Waals surface area contributed by atoms with Crippen LogP contribution < -0.4 is 10.2 Å². The maximum atomic E-state index is 12.5. The molecule has 7 heteroatoms. The highest BCUT2D eigenvalue weighted by Gasteiger charge is 2.26. The van der Waals surface area contributed by atoms with E-state index in [1.807, 2.05) is 12.1 Å². The number of anilines is 1. The van der Waals surface area contributed by atoms with Gasteiger partial charge in [0.1, 0.15) is 5.82 Å². The quantitative estimate of drug-likeness (QED) is 0.678. The van der Waals surface area contributed by atoms with Crippen LogP contribution in [-0.2, 0) is 17.8 Å². The van der Waals surface area contributed by atoms with Gasteiger partial charge in [-0.25, -0.2) is 4.98 Å². The van der Waals surface area contributed by atoms with Crippen molar-refractivity contribution in [2.75, 3.05) is 18.0 Å². The van der Waals surface area contributed by atoms with Gasteiger partial charge in [-0.05, 0) is 43.0 Å². The zero-order valence-electron chi connectivity index (χ0n) is 16.5. The lowest BCUT2D eigenvalue weighted by atomic mass is 9.96. The number of carbonyl (C=O) groups is 1. The van der Waals surface area contributed by atoms with Gasteiger partial charge in [0, 0.05) is 55.9 Å². The number of carbonyl (C=O) groups excluding carboxylic acids is 1. The number of pyridine rings is 1. The van der Waals surface area contributed by atoms with E-state index in [4.69, 9.17) is 4.98 Å². The van der Waals surface area contributed by atoms with Crippen molar-refractivity contribution in [2.24, 2.45) is 5.92 Å². The second-order valence-electron chi connectivity index (χ2n) is 7.49. The Balaban J connectivity index is 1.26. The van der Waals surface area contributed by atoms with Gasteiger partial charge in [-0.1, -0.05) is 29.8 Å². The summed E-state index contributed by atoms with van der Waals surface area (Å²) in [6, 6.07) is 12.3. The fraction of sp³-hybridized carbons (Fsp3) is 0.364. The summed E-state index contributed by atoms with van der Waals surface area (Å²) in [6.45, 7) is 4.32. The van der Waals surface area contributed by atoms with Crippen molar-refractivity contribution < 1.29 is 4.79 Å². The smallest absolute Gasteiger partial charge is 0.223 e. The average Bonchev–Trinajstić information content (AvgIpc) is 3.23. The second kappa shape index (κ2) is 9.13. The van der Waals surface area contributed by atoms with Crippen LogP contribution in [0.3, 0.4) is 0 Å². The number of nitrogens with zero attached hydrogens (tertiary/aromatic N) is 4. The minimum atomic E-state index is 0.0630. The van der Waals surface area contributed by atoms with Gasteiger partial charge in [0.15, 0.2) is 0 Å². The molecule has 150 valence electrons. The molecular formula is C22H25N5OS. The highest BCUT2D eigenvalue weighted by Crippen LogP contribution is 2.25. The van der Waals surface area contributed by atoms with Crippen molar-refractivity contribution in [3.05, 3.63) is 71.3 Å². The van der Waals surface area contributed by atoms with Crippen LogP contribution in [0.15, 0.2) is 48.8 Å². The predicted molar refractivity (Wildman–Crippen MR) is 115 cm³/mol. The molecule has 0 atom stereocenters. The van der Waals surface area contributed by atoms with Crippen LogP contribution in [0.5, 0.6) is 0 Å². The first-order valence-electron chi connectivity index (χ1n) is 9.97. The normalized spacial score (nSPS) is 14.7. The number of hydrogen-bond donors (Lipinski definition) is 1. The number of amides is 1. The summed E-state index contributed by atoms with van der Waals surface area (Å²) in [6.07, 6.45) is 5.93. The molecule has 0 aliphatic carbocycles. The van der Waals surface area contributed by atoms with Gasteiger partial charge in [0.25, 0.3) is 0 Å². The summed E-state index contributed by atoms with van der Waals surface area (Å²) >= 11 is 1.45. The largest absolute Gasteiger partial charge is 0.352 e. The molecule has 1 aliphatic rings. The van der Waals surface area contributed by atoms with Gasteiger partial charge in [-0.15, -0.1) is 0 Å². The Bertz CT molecular complexity index is 933. The molecule has 1 aromatic carbocycles. The van der Waals surface area contributed by atoms with Crippen LogP contribution in [0.2, 0.25) is 0 Å². The summed E-state index contributed by atoms with van der Waals surface area (Å²) < 4.78 is 4.53. The Labute approximate surface area is 175 Å². The number of hydrogen-bond acceptors (Lipinski definition) is 6. The summed E-state index contributed by atoms with van der Waals surface area (Å²) in [5.41, 5.74) is 3.55. The summed E-state index contributed by atoms with van der Waals surface area (Å²) in [4.78, 5) is 23.5. The molecule has 1 amide bonds. The molecule has 0 unspecified atom stereocenters. The van der Waals surface area contributed by atoms with Gasteiger partial charge in [-0.2, -0.15) is 4.37 Å². The van der Waals surface area contributed by atoms with Crippen LogP contribution in [0.4, 0.5) is 5.13 Å². The van der Waals surface area contributed by atoms with Crippen molar-refractivity contribution in [1.29, 1.82) is 0 Å². The first-order valence-corrected chi connectivity index (χ1v) is 10.7. The number of nitrogens with one attached hydrogen (secondary N) is 1. The van der Waals surface area contributed by atoms with E-state index in [-0.39, 0.29) is 11.8 Å². The van der Waals surface area contributed by atoms with E-state index in [9.17, 15) is 4.79 Å². The standard InChI is InChI=1S/C22H25N5OS/c1-16-2-4-17(5-3-16)14-20-25-22(29-26-20)27-12-8-19(9-13-27)21(28)24-15-18-6-10-23-11-7-18/h2-7,10-11,19H,8-9,12-15H2,1H3,(H,24,28). The molecule has 3 aromatic rings. The second-order valence-corrected chi connectivity index (χ2v) is 8.22. The summed E-state index contributed by atoms with van der Waals surface area (Å²) in [5, 5.41) is 4.01. The van der Waals surface area contributed by atoms with Gasteiger partial charge < -0.3 is 10.2 Å². The fourth-order valence-electron chi connectivity index (χ4n) is 3.50. The van der Waals surface area contributed by atoms with Crippen LogP contribution in [0.1, 0.15) is 35.4 Å². The summed E-state index contributed by atoms with van der Waals surface area (Å²) in [7, 11) is 0. The molecule has 1 saturated heterocycles. The molecular weight excluding hydrogens is 382 g/mol. The zero-order chi connectivity index (χ0) is 20.1.